The fourth-order valence-electron chi connectivity index (χ4n) is 2.47. The van der Waals surface area contributed by atoms with E-state index in [0.29, 0.717) is 13.0 Å². The molecule has 1 heterocycles. The van der Waals surface area contributed by atoms with Gasteiger partial charge in [-0.2, -0.15) is 5.26 Å². The maximum atomic E-state index is 12.2. The van der Waals surface area contributed by atoms with Crippen LogP contribution in [0.3, 0.4) is 0 Å². The molecule has 0 aliphatic carbocycles. The third kappa shape index (κ3) is 3.14. The first-order chi connectivity index (χ1) is 10.0. The van der Waals surface area contributed by atoms with Crippen molar-refractivity contribution in [2.24, 2.45) is 0 Å². The Kier molecular flexibility index (Phi) is 4.43. The van der Waals surface area contributed by atoms with Crippen LogP contribution in [-0.4, -0.2) is 48.1 Å². The summed E-state index contributed by atoms with van der Waals surface area (Å²) in [5.74, 6) is -1.12. The minimum atomic E-state index is -0.932. The van der Waals surface area contributed by atoms with Gasteiger partial charge >= 0.3 is 5.97 Å². The van der Waals surface area contributed by atoms with E-state index < -0.39 is 12.0 Å². The molecule has 0 bridgehead atoms. The zero-order valence-corrected chi connectivity index (χ0v) is 11.8. The van der Waals surface area contributed by atoms with Crippen LogP contribution in [0.15, 0.2) is 24.3 Å². The number of carbonyl (C=O) groups excluding carboxylic acids is 1. The zero-order chi connectivity index (χ0) is 15.4. The van der Waals surface area contributed by atoms with Gasteiger partial charge in [0.15, 0.2) is 0 Å². The summed E-state index contributed by atoms with van der Waals surface area (Å²) >= 11 is 0. The van der Waals surface area contributed by atoms with Crippen LogP contribution in [0, 0.1) is 11.3 Å². The molecule has 1 amide bonds. The van der Waals surface area contributed by atoms with Crippen LogP contribution in [0.1, 0.15) is 12.0 Å². The van der Waals surface area contributed by atoms with Crippen molar-refractivity contribution in [2.45, 2.75) is 18.9 Å². The predicted molar refractivity (Wildman–Crippen MR) is 76.8 cm³/mol. The Morgan fingerprint density at radius 2 is 2.19 bits per heavy atom. The van der Waals surface area contributed by atoms with Crippen LogP contribution in [-0.2, 0) is 16.0 Å². The second-order valence-corrected chi connectivity index (χ2v) is 5.04. The summed E-state index contributed by atoms with van der Waals surface area (Å²) in [6, 6.07) is 8.69. The molecule has 1 aromatic rings. The van der Waals surface area contributed by atoms with Gasteiger partial charge in [-0.1, -0.05) is 18.2 Å². The number of amides is 1. The quantitative estimate of drug-likeness (QED) is 0.868. The number of aliphatic carboxylic acids is 1. The molecule has 0 radical (unpaired) electrons. The highest BCUT2D eigenvalue weighted by atomic mass is 16.4. The molecule has 1 N–H and O–H groups in total. The standard InChI is InChI=1S/C15H17N3O3/c1-17(8-4-7-16)14(19)10-18-12-6-3-2-5-11(12)9-13(18)15(20)21/h2-3,5-6,13H,4,8-10H2,1H3,(H,20,21). The number of hydrogen-bond acceptors (Lipinski definition) is 4. The van der Waals surface area contributed by atoms with E-state index in [0.717, 1.165) is 11.3 Å². The Morgan fingerprint density at radius 3 is 2.86 bits per heavy atom. The normalized spacial score (nSPS) is 16.2. The summed E-state index contributed by atoms with van der Waals surface area (Å²) in [4.78, 5) is 26.6. The van der Waals surface area contributed by atoms with E-state index in [-0.39, 0.29) is 18.9 Å². The van der Waals surface area contributed by atoms with E-state index in [1.54, 1.807) is 11.9 Å². The molecule has 0 saturated heterocycles. The van der Waals surface area contributed by atoms with Gasteiger partial charge in [0, 0.05) is 25.7 Å². The minimum absolute atomic E-state index is 0.00983. The van der Waals surface area contributed by atoms with Crippen molar-refractivity contribution in [3.05, 3.63) is 29.8 Å². The molecular formula is C15H17N3O3. The SMILES string of the molecule is CN(CCC#N)C(=O)CN1c2ccccc2CC1C(=O)O. The van der Waals surface area contributed by atoms with Gasteiger partial charge in [-0.25, -0.2) is 4.79 Å². The lowest BCUT2D eigenvalue weighted by molar-refractivity contribution is -0.138. The molecule has 0 spiro atoms. The highest BCUT2D eigenvalue weighted by Gasteiger charge is 2.35. The van der Waals surface area contributed by atoms with Crippen molar-refractivity contribution in [2.75, 3.05) is 25.0 Å². The van der Waals surface area contributed by atoms with Gasteiger partial charge in [-0.05, 0) is 11.6 Å². The number of likely N-dealkylation sites (N-methyl/N-ethyl adjacent to an activating group) is 1. The highest BCUT2D eigenvalue weighted by Crippen LogP contribution is 2.31. The first-order valence-electron chi connectivity index (χ1n) is 6.73. The van der Waals surface area contributed by atoms with Crippen LogP contribution in [0.4, 0.5) is 5.69 Å². The van der Waals surface area contributed by atoms with E-state index in [9.17, 15) is 14.7 Å². The second-order valence-electron chi connectivity index (χ2n) is 5.04. The summed E-state index contributed by atoms with van der Waals surface area (Å²) in [6.07, 6.45) is 0.669. The van der Waals surface area contributed by atoms with Crippen molar-refractivity contribution in [1.82, 2.24) is 4.90 Å². The molecule has 6 nitrogen and oxygen atoms in total. The molecule has 0 fully saturated rings. The van der Waals surface area contributed by atoms with E-state index >= 15 is 0 Å². The van der Waals surface area contributed by atoms with Gasteiger partial charge in [0.1, 0.15) is 6.04 Å². The average Bonchev–Trinajstić information content (AvgIpc) is 2.84. The Bertz CT molecular complexity index is 594. The molecule has 1 aliphatic rings. The largest absolute Gasteiger partial charge is 0.480 e. The number of hydrogen-bond donors (Lipinski definition) is 1. The van der Waals surface area contributed by atoms with E-state index in [2.05, 4.69) is 0 Å². The minimum Gasteiger partial charge on any atom is -0.480 e. The molecule has 1 aliphatic heterocycles. The number of anilines is 1. The molecule has 1 atom stereocenters. The number of carbonyl (C=O) groups is 2. The molecule has 0 saturated carbocycles. The van der Waals surface area contributed by atoms with Gasteiger partial charge in [-0.15, -0.1) is 0 Å². The lowest BCUT2D eigenvalue weighted by atomic mass is 10.1. The molecule has 110 valence electrons. The van der Waals surface area contributed by atoms with Crippen molar-refractivity contribution in [3.8, 4) is 6.07 Å². The van der Waals surface area contributed by atoms with E-state index in [1.165, 1.54) is 4.90 Å². The van der Waals surface area contributed by atoms with Crippen molar-refractivity contribution < 1.29 is 14.7 Å². The topological polar surface area (TPSA) is 84.6 Å². The van der Waals surface area contributed by atoms with E-state index in [4.69, 9.17) is 5.26 Å². The highest BCUT2D eigenvalue weighted by molar-refractivity contribution is 5.88. The molecule has 1 unspecified atom stereocenters. The number of nitriles is 1. The molecule has 2 rings (SSSR count). The molecule has 0 aromatic heterocycles. The van der Waals surface area contributed by atoms with Crippen LogP contribution in [0.2, 0.25) is 0 Å². The predicted octanol–water partition coefficient (Wildman–Crippen LogP) is 0.874. The van der Waals surface area contributed by atoms with Crippen LogP contribution in [0.25, 0.3) is 0 Å². The molecule has 6 heteroatoms. The summed E-state index contributed by atoms with van der Waals surface area (Å²) in [5.41, 5.74) is 1.74. The fourth-order valence-corrected chi connectivity index (χ4v) is 2.47. The van der Waals surface area contributed by atoms with E-state index in [1.807, 2.05) is 30.3 Å². The third-order valence-corrected chi connectivity index (χ3v) is 3.67. The third-order valence-electron chi connectivity index (χ3n) is 3.67. The van der Waals surface area contributed by atoms with Crippen LogP contribution < -0.4 is 4.90 Å². The Hall–Kier alpha value is -2.55. The molecule has 1 aromatic carbocycles. The Balaban J connectivity index is 2.14. The molecular weight excluding hydrogens is 270 g/mol. The summed E-state index contributed by atoms with van der Waals surface area (Å²) in [7, 11) is 1.62. The molecule has 21 heavy (non-hydrogen) atoms. The van der Waals surface area contributed by atoms with Gasteiger partial charge in [-0.3, -0.25) is 4.79 Å². The summed E-state index contributed by atoms with van der Waals surface area (Å²) in [6.45, 7) is 0.360. The first-order valence-corrected chi connectivity index (χ1v) is 6.73. The van der Waals surface area contributed by atoms with Crippen molar-refractivity contribution in [1.29, 1.82) is 5.26 Å². The lowest BCUT2D eigenvalue weighted by Gasteiger charge is -2.26. The van der Waals surface area contributed by atoms with Crippen molar-refractivity contribution in [3.63, 3.8) is 0 Å². The second kappa shape index (κ2) is 6.27. The Labute approximate surface area is 123 Å². The number of nitrogens with zero attached hydrogens (tertiary/aromatic N) is 3. The number of fused-ring (bicyclic) bond motifs is 1. The van der Waals surface area contributed by atoms with Gasteiger partial charge < -0.3 is 14.9 Å². The number of rotatable bonds is 5. The maximum Gasteiger partial charge on any atom is 0.326 e. The van der Waals surface area contributed by atoms with Crippen molar-refractivity contribution >= 4 is 17.6 Å². The van der Waals surface area contributed by atoms with Crippen LogP contribution >= 0.6 is 0 Å². The fraction of sp³-hybridized carbons (Fsp3) is 0.400. The first kappa shape index (κ1) is 14.9. The van der Waals surface area contributed by atoms with Crippen LogP contribution in [0.5, 0.6) is 0 Å². The zero-order valence-electron chi connectivity index (χ0n) is 11.8. The maximum absolute atomic E-state index is 12.2. The summed E-state index contributed by atoms with van der Waals surface area (Å²) in [5, 5.41) is 17.9. The number of carboxylic acids is 1. The number of para-hydroxylation sites is 1. The smallest absolute Gasteiger partial charge is 0.326 e. The monoisotopic (exact) mass is 287 g/mol. The number of benzene rings is 1. The Morgan fingerprint density at radius 1 is 1.48 bits per heavy atom. The van der Waals surface area contributed by atoms with Gasteiger partial charge in [0.2, 0.25) is 5.91 Å². The van der Waals surface area contributed by atoms with Gasteiger partial charge in [0.25, 0.3) is 0 Å². The average molecular weight is 287 g/mol. The lowest BCUT2D eigenvalue weighted by Crippen LogP contribution is -2.45. The van der Waals surface area contributed by atoms with Gasteiger partial charge in [0.05, 0.1) is 19.0 Å². The number of carboxylic acid groups (broad SMARTS) is 1. The summed E-state index contributed by atoms with van der Waals surface area (Å²) < 4.78 is 0.